The standard InChI is InChI=1S/C25H25N3O/c1-19(20-9-3-2-4-10-20)17-25(29)28-16-8-7-15-27(28)24-14-13-21(18-26)22-11-5-6-12-23(22)24/h2-6,9-14,19H,7-8,15-17H2,1H3. The van der Waals surface area contributed by atoms with Crippen molar-refractivity contribution in [3.05, 3.63) is 77.9 Å². The molecule has 3 aromatic carbocycles. The van der Waals surface area contributed by atoms with Crippen LogP contribution in [0.2, 0.25) is 0 Å². The predicted octanol–water partition coefficient (Wildman–Crippen LogP) is 5.25. The van der Waals surface area contributed by atoms with E-state index in [4.69, 9.17) is 0 Å². The average molecular weight is 383 g/mol. The highest BCUT2D eigenvalue weighted by atomic mass is 16.2. The summed E-state index contributed by atoms with van der Waals surface area (Å²) >= 11 is 0. The summed E-state index contributed by atoms with van der Waals surface area (Å²) in [5.74, 6) is 0.319. The molecule has 1 fully saturated rings. The lowest BCUT2D eigenvalue weighted by Crippen LogP contribution is -2.51. The van der Waals surface area contributed by atoms with Crippen LogP contribution < -0.4 is 5.01 Å². The van der Waals surface area contributed by atoms with Gasteiger partial charge in [-0.1, -0.05) is 61.5 Å². The van der Waals surface area contributed by atoms with Gasteiger partial charge in [0.25, 0.3) is 0 Å². The van der Waals surface area contributed by atoms with Gasteiger partial charge < -0.3 is 0 Å². The first-order valence-electron chi connectivity index (χ1n) is 10.2. The van der Waals surface area contributed by atoms with Crippen LogP contribution in [0.3, 0.4) is 0 Å². The van der Waals surface area contributed by atoms with Crippen molar-refractivity contribution in [1.82, 2.24) is 5.01 Å². The SMILES string of the molecule is CC(CC(=O)N1CCCCN1c1ccc(C#N)c2ccccc12)c1ccccc1. The van der Waals surface area contributed by atoms with E-state index >= 15 is 0 Å². The fraction of sp³-hybridized carbons (Fsp3) is 0.280. The minimum atomic E-state index is 0.148. The van der Waals surface area contributed by atoms with Crippen LogP contribution in [0.5, 0.6) is 0 Å². The summed E-state index contributed by atoms with van der Waals surface area (Å²) in [4.78, 5) is 13.3. The normalized spacial score (nSPS) is 15.2. The quantitative estimate of drug-likeness (QED) is 0.618. The molecule has 1 saturated heterocycles. The molecule has 1 atom stereocenters. The molecular formula is C25H25N3O. The van der Waals surface area contributed by atoms with Crippen LogP contribution in [0.1, 0.15) is 43.2 Å². The lowest BCUT2D eigenvalue weighted by Gasteiger charge is -2.41. The van der Waals surface area contributed by atoms with Gasteiger partial charge in [0.1, 0.15) is 0 Å². The Hall–Kier alpha value is -3.32. The zero-order chi connectivity index (χ0) is 20.2. The smallest absolute Gasteiger partial charge is 0.241 e. The van der Waals surface area contributed by atoms with Crippen LogP contribution >= 0.6 is 0 Å². The average Bonchev–Trinajstić information content (AvgIpc) is 2.79. The maximum atomic E-state index is 13.3. The number of hydrazine groups is 1. The molecule has 1 aliphatic heterocycles. The monoisotopic (exact) mass is 383 g/mol. The zero-order valence-corrected chi connectivity index (χ0v) is 16.7. The summed E-state index contributed by atoms with van der Waals surface area (Å²) < 4.78 is 0. The van der Waals surface area contributed by atoms with Gasteiger partial charge in [0, 0.05) is 30.3 Å². The number of fused-ring (bicyclic) bond motifs is 1. The molecular weight excluding hydrogens is 358 g/mol. The minimum absolute atomic E-state index is 0.148. The van der Waals surface area contributed by atoms with Gasteiger partial charge in [0.05, 0.1) is 17.3 Å². The first-order valence-corrected chi connectivity index (χ1v) is 10.2. The number of amides is 1. The van der Waals surface area contributed by atoms with Crippen molar-refractivity contribution in [1.29, 1.82) is 5.26 Å². The van der Waals surface area contributed by atoms with Crippen molar-refractivity contribution in [3.8, 4) is 6.07 Å². The topological polar surface area (TPSA) is 47.3 Å². The largest absolute Gasteiger partial charge is 0.282 e. The molecule has 0 N–H and O–H groups in total. The maximum Gasteiger partial charge on any atom is 0.241 e. The number of nitriles is 1. The van der Waals surface area contributed by atoms with E-state index in [1.165, 1.54) is 5.56 Å². The van der Waals surface area contributed by atoms with Crippen LogP contribution in [-0.2, 0) is 4.79 Å². The number of nitrogens with zero attached hydrogens (tertiary/aromatic N) is 3. The summed E-state index contributed by atoms with van der Waals surface area (Å²) in [7, 11) is 0. The van der Waals surface area contributed by atoms with E-state index in [0.29, 0.717) is 12.0 Å². The first-order chi connectivity index (χ1) is 14.2. The highest BCUT2D eigenvalue weighted by molar-refractivity contribution is 5.98. The van der Waals surface area contributed by atoms with Crippen molar-refractivity contribution in [2.75, 3.05) is 18.1 Å². The molecule has 4 heteroatoms. The number of anilines is 1. The van der Waals surface area contributed by atoms with Crippen molar-refractivity contribution in [2.24, 2.45) is 0 Å². The molecule has 0 bridgehead atoms. The van der Waals surface area contributed by atoms with Gasteiger partial charge >= 0.3 is 0 Å². The van der Waals surface area contributed by atoms with E-state index in [0.717, 1.165) is 42.4 Å². The van der Waals surface area contributed by atoms with Gasteiger partial charge in [0.15, 0.2) is 0 Å². The lowest BCUT2D eigenvalue weighted by atomic mass is 9.97. The van der Waals surface area contributed by atoms with E-state index in [1.807, 2.05) is 59.6 Å². The van der Waals surface area contributed by atoms with Gasteiger partial charge in [-0.15, -0.1) is 0 Å². The predicted molar refractivity (Wildman–Crippen MR) is 116 cm³/mol. The van der Waals surface area contributed by atoms with E-state index in [1.54, 1.807) is 0 Å². The summed E-state index contributed by atoms with van der Waals surface area (Å²) in [6.07, 6.45) is 2.54. The Kier molecular flexibility index (Phi) is 5.48. The summed E-state index contributed by atoms with van der Waals surface area (Å²) in [6, 6.07) is 24.3. The number of carbonyl (C=O) groups excluding carboxylic acids is 1. The fourth-order valence-electron chi connectivity index (χ4n) is 4.15. The second-order valence-corrected chi connectivity index (χ2v) is 7.65. The van der Waals surface area contributed by atoms with Crippen LogP contribution in [0.15, 0.2) is 66.7 Å². The number of carbonyl (C=O) groups is 1. The van der Waals surface area contributed by atoms with Crippen molar-refractivity contribution in [2.45, 2.75) is 32.1 Å². The Morgan fingerprint density at radius 3 is 2.41 bits per heavy atom. The molecule has 29 heavy (non-hydrogen) atoms. The number of rotatable bonds is 4. The highest BCUT2D eigenvalue weighted by Gasteiger charge is 2.27. The van der Waals surface area contributed by atoms with E-state index in [-0.39, 0.29) is 11.8 Å². The molecule has 1 aliphatic rings. The van der Waals surface area contributed by atoms with Gasteiger partial charge in [-0.25, -0.2) is 0 Å². The molecule has 3 aromatic rings. The highest BCUT2D eigenvalue weighted by Crippen LogP contribution is 2.32. The number of hydrogen-bond donors (Lipinski definition) is 0. The molecule has 1 amide bonds. The van der Waals surface area contributed by atoms with Gasteiger partial charge in [-0.3, -0.25) is 14.8 Å². The molecule has 0 radical (unpaired) electrons. The minimum Gasteiger partial charge on any atom is -0.282 e. The van der Waals surface area contributed by atoms with Crippen LogP contribution in [-0.4, -0.2) is 24.0 Å². The Morgan fingerprint density at radius 1 is 0.966 bits per heavy atom. The summed E-state index contributed by atoms with van der Waals surface area (Å²) in [5, 5.41) is 15.4. The summed E-state index contributed by atoms with van der Waals surface area (Å²) in [5.41, 5.74) is 2.85. The van der Waals surface area contributed by atoms with E-state index in [2.05, 4.69) is 30.1 Å². The molecule has 4 nitrogen and oxygen atoms in total. The third-order valence-corrected chi connectivity index (χ3v) is 5.72. The maximum absolute atomic E-state index is 13.3. The fourth-order valence-corrected chi connectivity index (χ4v) is 4.15. The Balaban J connectivity index is 1.64. The molecule has 0 aliphatic carbocycles. The van der Waals surface area contributed by atoms with Crippen molar-refractivity contribution in [3.63, 3.8) is 0 Å². The van der Waals surface area contributed by atoms with E-state index < -0.39 is 0 Å². The molecule has 0 saturated carbocycles. The molecule has 1 unspecified atom stereocenters. The Bertz CT molecular complexity index is 1050. The zero-order valence-electron chi connectivity index (χ0n) is 16.7. The van der Waals surface area contributed by atoms with Gasteiger partial charge in [0.2, 0.25) is 5.91 Å². The first kappa shape index (κ1) is 19.0. The van der Waals surface area contributed by atoms with Crippen LogP contribution in [0.4, 0.5) is 5.69 Å². The molecule has 1 heterocycles. The second kappa shape index (κ2) is 8.36. The van der Waals surface area contributed by atoms with Gasteiger partial charge in [-0.05, 0) is 36.5 Å². The van der Waals surface area contributed by atoms with Crippen molar-refractivity contribution < 1.29 is 4.79 Å². The van der Waals surface area contributed by atoms with Crippen LogP contribution in [0, 0.1) is 11.3 Å². The third kappa shape index (κ3) is 3.82. The lowest BCUT2D eigenvalue weighted by molar-refractivity contribution is -0.133. The Morgan fingerprint density at radius 2 is 1.66 bits per heavy atom. The number of hydrogen-bond acceptors (Lipinski definition) is 3. The summed E-state index contributed by atoms with van der Waals surface area (Å²) in [6.45, 7) is 3.65. The van der Waals surface area contributed by atoms with Crippen molar-refractivity contribution >= 4 is 22.4 Å². The third-order valence-electron chi connectivity index (χ3n) is 5.72. The molecule has 0 spiro atoms. The van der Waals surface area contributed by atoms with Gasteiger partial charge in [-0.2, -0.15) is 5.26 Å². The van der Waals surface area contributed by atoms with Crippen LogP contribution in [0.25, 0.3) is 10.8 Å². The van der Waals surface area contributed by atoms with E-state index in [9.17, 15) is 10.1 Å². The molecule has 4 rings (SSSR count). The molecule has 0 aromatic heterocycles. The molecule has 146 valence electrons. The second-order valence-electron chi connectivity index (χ2n) is 7.65. The number of benzene rings is 3. The Labute approximate surface area is 171 Å².